The Hall–Kier alpha value is -3.81. The molecule has 0 spiro atoms. The van der Waals surface area contributed by atoms with Crippen molar-refractivity contribution >= 4 is 52.1 Å². The van der Waals surface area contributed by atoms with Crippen LogP contribution in [0.25, 0.3) is 0 Å². The number of carbonyl (C=O) groups is 1. The van der Waals surface area contributed by atoms with Crippen LogP contribution in [-0.2, 0) is 4.79 Å². The lowest BCUT2D eigenvalue weighted by atomic mass is 10.3. The molecule has 0 aliphatic carbocycles. The van der Waals surface area contributed by atoms with Crippen LogP contribution in [0.15, 0.2) is 114 Å². The highest BCUT2D eigenvalue weighted by Crippen LogP contribution is 2.27. The van der Waals surface area contributed by atoms with E-state index >= 15 is 0 Å². The van der Waals surface area contributed by atoms with Gasteiger partial charge >= 0.3 is 0 Å². The summed E-state index contributed by atoms with van der Waals surface area (Å²) in [5.41, 5.74) is 2.49. The van der Waals surface area contributed by atoms with Crippen molar-refractivity contribution in [2.45, 2.75) is 17.1 Å². The second-order valence-electron chi connectivity index (χ2n) is 7.66. The molecule has 0 fully saturated rings. The molecular formula is C28H25N3O2S2. The average Bonchev–Trinajstić information content (AvgIpc) is 2.86. The van der Waals surface area contributed by atoms with Crippen LogP contribution in [0.2, 0.25) is 0 Å². The maximum absolute atomic E-state index is 12.7. The van der Waals surface area contributed by atoms with Gasteiger partial charge in [0.05, 0.1) is 5.25 Å². The van der Waals surface area contributed by atoms with Gasteiger partial charge in [-0.2, -0.15) is 0 Å². The van der Waals surface area contributed by atoms with Gasteiger partial charge in [-0.15, -0.1) is 11.8 Å². The van der Waals surface area contributed by atoms with Crippen molar-refractivity contribution in [2.75, 3.05) is 16.0 Å². The Kier molecular flexibility index (Phi) is 8.38. The van der Waals surface area contributed by atoms with Gasteiger partial charge in [-0.1, -0.05) is 42.5 Å². The summed E-state index contributed by atoms with van der Waals surface area (Å²) in [6.45, 7) is 1.88. The fourth-order valence-corrected chi connectivity index (χ4v) is 4.36. The van der Waals surface area contributed by atoms with Crippen LogP contribution < -0.4 is 20.7 Å². The molecular weight excluding hydrogens is 474 g/mol. The number of amides is 1. The number of hydrogen-bond acceptors (Lipinski definition) is 4. The lowest BCUT2D eigenvalue weighted by molar-refractivity contribution is -0.115. The summed E-state index contributed by atoms with van der Waals surface area (Å²) in [5.74, 6) is 1.40. The van der Waals surface area contributed by atoms with Gasteiger partial charge in [0, 0.05) is 22.0 Å². The summed E-state index contributed by atoms with van der Waals surface area (Å²) in [5, 5.41) is 9.52. The highest BCUT2D eigenvalue weighted by molar-refractivity contribution is 8.00. The van der Waals surface area contributed by atoms with Gasteiger partial charge in [0.15, 0.2) is 5.11 Å². The number of thiocarbonyl (C=S) groups is 1. The first kappa shape index (κ1) is 24.3. The van der Waals surface area contributed by atoms with E-state index in [4.69, 9.17) is 17.0 Å². The lowest BCUT2D eigenvalue weighted by Crippen LogP contribution is -2.22. The van der Waals surface area contributed by atoms with Gasteiger partial charge in [-0.25, -0.2) is 0 Å². The summed E-state index contributed by atoms with van der Waals surface area (Å²) >= 11 is 6.89. The standard InChI is InChI=1S/C28H25N3O2S2/c1-20(27(32)29-22-15-17-25(18-16-22)33-24-12-6-3-7-13-24)35-26-14-8-11-23(19-26)31-28(34)30-21-9-4-2-5-10-21/h2-20H,1H3,(H,29,32)(H2,30,31,34). The van der Waals surface area contributed by atoms with Crippen LogP contribution in [0.3, 0.4) is 0 Å². The molecule has 0 saturated carbocycles. The topological polar surface area (TPSA) is 62.4 Å². The number of thioether (sulfide) groups is 1. The predicted octanol–water partition coefficient (Wildman–Crippen LogP) is 7.41. The zero-order valence-corrected chi connectivity index (χ0v) is 20.7. The minimum absolute atomic E-state index is 0.0774. The van der Waals surface area contributed by atoms with E-state index in [0.29, 0.717) is 10.9 Å². The molecule has 0 saturated heterocycles. The number of nitrogens with one attached hydrogen (secondary N) is 3. The van der Waals surface area contributed by atoms with Crippen LogP contribution >= 0.6 is 24.0 Å². The van der Waals surface area contributed by atoms with E-state index < -0.39 is 0 Å². The minimum Gasteiger partial charge on any atom is -0.457 e. The van der Waals surface area contributed by atoms with Crippen LogP contribution in [-0.4, -0.2) is 16.3 Å². The molecule has 1 unspecified atom stereocenters. The zero-order valence-electron chi connectivity index (χ0n) is 19.1. The van der Waals surface area contributed by atoms with Crippen LogP contribution in [0.5, 0.6) is 11.5 Å². The van der Waals surface area contributed by atoms with Crippen molar-refractivity contribution in [1.82, 2.24) is 0 Å². The summed E-state index contributed by atoms with van der Waals surface area (Å²) in [6.07, 6.45) is 0. The molecule has 1 amide bonds. The summed E-state index contributed by atoms with van der Waals surface area (Å²) in [7, 11) is 0. The highest BCUT2D eigenvalue weighted by Gasteiger charge is 2.15. The molecule has 0 aliphatic heterocycles. The van der Waals surface area contributed by atoms with E-state index in [0.717, 1.165) is 27.7 Å². The number of carbonyl (C=O) groups excluding carboxylic acids is 1. The molecule has 3 N–H and O–H groups in total. The lowest BCUT2D eigenvalue weighted by Gasteiger charge is -2.14. The van der Waals surface area contributed by atoms with E-state index in [2.05, 4.69) is 16.0 Å². The van der Waals surface area contributed by atoms with Gasteiger partial charge in [0.25, 0.3) is 0 Å². The number of benzene rings is 4. The Labute approximate surface area is 214 Å². The zero-order chi connectivity index (χ0) is 24.5. The fourth-order valence-electron chi connectivity index (χ4n) is 3.19. The van der Waals surface area contributed by atoms with Crippen LogP contribution in [0, 0.1) is 0 Å². The van der Waals surface area contributed by atoms with Crippen molar-refractivity contribution in [1.29, 1.82) is 0 Å². The Bertz CT molecular complexity index is 1270. The molecule has 0 radical (unpaired) electrons. The number of anilines is 3. The van der Waals surface area contributed by atoms with Crippen LogP contribution in [0.4, 0.5) is 17.1 Å². The fraction of sp³-hybridized carbons (Fsp3) is 0.0714. The van der Waals surface area contributed by atoms with Crippen molar-refractivity contribution in [3.05, 3.63) is 109 Å². The van der Waals surface area contributed by atoms with Crippen molar-refractivity contribution in [3.63, 3.8) is 0 Å². The monoisotopic (exact) mass is 499 g/mol. The van der Waals surface area contributed by atoms with Gasteiger partial charge in [0.2, 0.25) is 5.91 Å². The Morgan fingerprint density at radius 2 is 1.29 bits per heavy atom. The predicted molar refractivity (Wildman–Crippen MR) is 150 cm³/mol. The normalized spacial score (nSPS) is 11.2. The quantitative estimate of drug-likeness (QED) is 0.173. The molecule has 4 aromatic carbocycles. The van der Waals surface area contributed by atoms with Crippen molar-refractivity contribution in [2.24, 2.45) is 0 Å². The molecule has 0 bridgehead atoms. The summed E-state index contributed by atoms with van der Waals surface area (Å²) < 4.78 is 5.80. The van der Waals surface area contributed by atoms with Gasteiger partial charge in [-0.3, -0.25) is 4.79 Å². The first-order valence-electron chi connectivity index (χ1n) is 11.1. The van der Waals surface area contributed by atoms with E-state index in [1.165, 1.54) is 11.8 Å². The van der Waals surface area contributed by atoms with E-state index in [1.807, 2.05) is 116 Å². The number of para-hydroxylation sites is 2. The molecule has 4 aromatic rings. The Morgan fingerprint density at radius 1 is 0.714 bits per heavy atom. The molecule has 176 valence electrons. The number of rotatable bonds is 8. The summed E-state index contributed by atoms with van der Waals surface area (Å²) in [6, 6.07) is 34.5. The molecule has 0 aliphatic rings. The second kappa shape index (κ2) is 12.1. The SMILES string of the molecule is CC(Sc1cccc(NC(=S)Nc2ccccc2)c1)C(=O)Nc1ccc(Oc2ccccc2)cc1. The largest absolute Gasteiger partial charge is 0.457 e. The maximum Gasteiger partial charge on any atom is 0.237 e. The maximum atomic E-state index is 12.7. The van der Waals surface area contributed by atoms with Crippen molar-refractivity contribution in [3.8, 4) is 11.5 Å². The molecule has 5 nitrogen and oxygen atoms in total. The third-order valence-electron chi connectivity index (χ3n) is 4.91. The molecule has 35 heavy (non-hydrogen) atoms. The Balaban J connectivity index is 1.29. The molecule has 0 heterocycles. The van der Waals surface area contributed by atoms with Gasteiger partial charge < -0.3 is 20.7 Å². The molecule has 1 atom stereocenters. The molecule has 0 aromatic heterocycles. The second-order valence-corrected chi connectivity index (χ2v) is 9.48. The number of ether oxygens (including phenoxy) is 1. The summed E-state index contributed by atoms with van der Waals surface area (Å²) in [4.78, 5) is 13.7. The molecule has 7 heteroatoms. The first-order valence-corrected chi connectivity index (χ1v) is 12.4. The molecule has 4 rings (SSSR count). The smallest absolute Gasteiger partial charge is 0.237 e. The Morgan fingerprint density at radius 3 is 2.00 bits per heavy atom. The highest BCUT2D eigenvalue weighted by atomic mass is 32.2. The third-order valence-corrected chi connectivity index (χ3v) is 6.20. The third kappa shape index (κ3) is 7.60. The van der Waals surface area contributed by atoms with Crippen molar-refractivity contribution < 1.29 is 9.53 Å². The van der Waals surface area contributed by atoms with E-state index in [1.54, 1.807) is 0 Å². The minimum atomic E-state index is -0.292. The van der Waals surface area contributed by atoms with E-state index in [-0.39, 0.29) is 11.2 Å². The van der Waals surface area contributed by atoms with E-state index in [9.17, 15) is 4.79 Å². The first-order chi connectivity index (χ1) is 17.0. The van der Waals surface area contributed by atoms with Gasteiger partial charge in [-0.05, 0) is 85.9 Å². The number of hydrogen-bond donors (Lipinski definition) is 3. The van der Waals surface area contributed by atoms with Crippen LogP contribution in [0.1, 0.15) is 6.92 Å². The average molecular weight is 500 g/mol. The van der Waals surface area contributed by atoms with Gasteiger partial charge in [0.1, 0.15) is 11.5 Å².